The molecule has 7 nitrogen and oxygen atoms in total. The predicted octanol–water partition coefficient (Wildman–Crippen LogP) is 3.47. The normalized spacial score (nSPS) is 13.2. The number of aryl methyl sites for hydroxylation is 1. The molecule has 0 radical (unpaired) electrons. The summed E-state index contributed by atoms with van der Waals surface area (Å²) in [5.41, 5.74) is 2.28. The highest BCUT2D eigenvalue weighted by atomic mass is 32.2. The van der Waals surface area contributed by atoms with E-state index in [-0.39, 0.29) is 10.6 Å². The van der Waals surface area contributed by atoms with Gasteiger partial charge in [-0.25, -0.2) is 13.4 Å². The first-order valence-corrected chi connectivity index (χ1v) is 11.0. The quantitative estimate of drug-likeness (QED) is 0.661. The van der Waals surface area contributed by atoms with Crippen LogP contribution in [0, 0.1) is 0 Å². The molecule has 0 bridgehead atoms. The zero-order valence-corrected chi connectivity index (χ0v) is 17.0. The van der Waals surface area contributed by atoms with E-state index in [1.807, 2.05) is 18.3 Å². The van der Waals surface area contributed by atoms with Gasteiger partial charge in [0, 0.05) is 35.8 Å². The highest BCUT2D eigenvalue weighted by Crippen LogP contribution is 2.31. The van der Waals surface area contributed by atoms with E-state index in [1.165, 1.54) is 26.4 Å². The highest BCUT2D eigenvalue weighted by molar-refractivity contribution is 7.99. The Kier molecular flexibility index (Phi) is 4.94. The summed E-state index contributed by atoms with van der Waals surface area (Å²) in [6, 6.07) is 11.7. The average Bonchev–Trinajstić information content (AvgIpc) is 3.30. The van der Waals surface area contributed by atoms with Crippen molar-refractivity contribution in [2.75, 3.05) is 24.7 Å². The van der Waals surface area contributed by atoms with Gasteiger partial charge >= 0.3 is 0 Å². The van der Waals surface area contributed by atoms with Crippen LogP contribution in [0.3, 0.4) is 0 Å². The second kappa shape index (κ2) is 7.40. The third-order valence-corrected chi connectivity index (χ3v) is 6.79. The zero-order chi connectivity index (χ0) is 19.7. The van der Waals surface area contributed by atoms with E-state index in [0.29, 0.717) is 11.4 Å². The Balaban J connectivity index is 1.56. The monoisotopic (exact) mass is 417 g/mol. The summed E-state index contributed by atoms with van der Waals surface area (Å²) >= 11 is 1.74. The fourth-order valence-corrected chi connectivity index (χ4v) is 5.12. The number of hydrogen-bond donors (Lipinski definition) is 1. The number of sulfonamides is 1. The average molecular weight is 418 g/mol. The first kappa shape index (κ1) is 18.7. The molecule has 2 aromatic carbocycles. The minimum absolute atomic E-state index is 0.0439. The van der Waals surface area contributed by atoms with Gasteiger partial charge in [0.2, 0.25) is 0 Å². The molecule has 0 spiro atoms. The molecule has 0 atom stereocenters. The van der Waals surface area contributed by atoms with Crippen LogP contribution in [-0.2, 0) is 16.6 Å². The van der Waals surface area contributed by atoms with E-state index in [1.54, 1.807) is 30.0 Å². The summed E-state index contributed by atoms with van der Waals surface area (Å²) in [6.07, 6.45) is 2.02. The third-order valence-electron chi connectivity index (χ3n) is 4.40. The zero-order valence-electron chi connectivity index (χ0n) is 15.4. The fourth-order valence-electron chi connectivity index (χ4n) is 2.96. The molecular weight excluding hydrogens is 398 g/mol. The SMILES string of the molecule is COc1ccc(S(=O)(=O)Nc2ccc(-c3cn4c(n3)SCC4)cc2)c(OC)c1. The van der Waals surface area contributed by atoms with Gasteiger partial charge in [-0.2, -0.15) is 0 Å². The predicted molar refractivity (Wildman–Crippen MR) is 109 cm³/mol. The Morgan fingerprint density at radius 3 is 2.57 bits per heavy atom. The van der Waals surface area contributed by atoms with Gasteiger partial charge < -0.3 is 14.0 Å². The Hall–Kier alpha value is -2.65. The largest absolute Gasteiger partial charge is 0.497 e. The molecule has 146 valence electrons. The molecule has 1 aromatic heterocycles. The second-order valence-electron chi connectivity index (χ2n) is 6.15. The lowest BCUT2D eigenvalue weighted by Crippen LogP contribution is -2.14. The van der Waals surface area contributed by atoms with E-state index in [9.17, 15) is 8.42 Å². The lowest BCUT2D eigenvalue weighted by Gasteiger charge is -2.13. The first-order chi connectivity index (χ1) is 13.5. The lowest BCUT2D eigenvalue weighted by atomic mass is 10.1. The first-order valence-electron chi connectivity index (χ1n) is 8.55. The van der Waals surface area contributed by atoms with Gasteiger partial charge in [0.25, 0.3) is 10.0 Å². The van der Waals surface area contributed by atoms with Crippen molar-refractivity contribution < 1.29 is 17.9 Å². The van der Waals surface area contributed by atoms with Crippen LogP contribution in [-0.4, -0.2) is 37.9 Å². The third kappa shape index (κ3) is 3.55. The van der Waals surface area contributed by atoms with E-state index in [0.717, 1.165) is 28.7 Å². The number of imidazole rings is 1. The molecule has 0 fully saturated rings. The molecule has 2 heterocycles. The van der Waals surface area contributed by atoms with Crippen LogP contribution < -0.4 is 14.2 Å². The molecule has 4 rings (SSSR count). The van der Waals surface area contributed by atoms with Crippen molar-refractivity contribution in [3.8, 4) is 22.8 Å². The molecule has 28 heavy (non-hydrogen) atoms. The Morgan fingerprint density at radius 2 is 1.89 bits per heavy atom. The molecule has 0 saturated carbocycles. The van der Waals surface area contributed by atoms with Crippen molar-refractivity contribution >= 4 is 27.5 Å². The summed E-state index contributed by atoms with van der Waals surface area (Å²) in [5, 5.41) is 1.02. The van der Waals surface area contributed by atoms with E-state index in [4.69, 9.17) is 9.47 Å². The summed E-state index contributed by atoms with van der Waals surface area (Å²) in [7, 11) is -0.880. The van der Waals surface area contributed by atoms with Crippen LogP contribution in [0.5, 0.6) is 11.5 Å². The number of anilines is 1. The van der Waals surface area contributed by atoms with Gasteiger partial charge in [0.1, 0.15) is 16.4 Å². The van der Waals surface area contributed by atoms with Crippen molar-refractivity contribution in [2.45, 2.75) is 16.6 Å². The van der Waals surface area contributed by atoms with E-state index in [2.05, 4.69) is 14.3 Å². The maximum absolute atomic E-state index is 12.8. The van der Waals surface area contributed by atoms with Crippen molar-refractivity contribution in [3.63, 3.8) is 0 Å². The van der Waals surface area contributed by atoms with Gasteiger partial charge in [-0.3, -0.25) is 4.72 Å². The summed E-state index contributed by atoms with van der Waals surface area (Å²) < 4.78 is 40.6. The molecule has 0 unspecified atom stereocenters. The van der Waals surface area contributed by atoms with Crippen LogP contribution in [0.15, 0.2) is 58.7 Å². The molecule has 0 aliphatic carbocycles. The minimum atomic E-state index is -3.81. The number of fused-ring (bicyclic) bond motifs is 1. The standard InChI is InChI=1S/C19H19N3O4S2/c1-25-15-7-8-18(17(11-15)26-2)28(23,24)21-14-5-3-13(4-6-14)16-12-22-9-10-27-19(22)20-16/h3-8,11-12,21H,9-10H2,1-2H3. The molecule has 0 amide bonds. The van der Waals surface area contributed by atoms with Gasteiger partial charge in [-0.1, -0.05) is 23.9 Å². The number of benzene rings is 2. The summed E-state index contributed by atoms with van der Waals surface area (Å²) in [4.78, 5) is 4.65. The van der Waals surface area contributed by atoms with E-state index >= 15 is 0 Å². The molecule has 1 N–H and O–H groups in total. The molecule has 0 saturated heterocycles. The molecule has 3 aromatic rings. The minimum Gasteiger partial charge on any atom is -0.497 e. The number of aromatic nitrogens is 2. The Bertz CT molecular complexity index is 1090. The fraction of sp³-hybridized carbons (Fsp3) is 0.211. The van der Waals surface area contributed by atoms with Crippen LogP contribution in [0.1, 0.15) is 0 Å². The molecule has 1 aliphatic heterocycles. The number of ether oxygens (including phenoxy) is 2. The number of nitrogens with zero attached hydrogens (tertiary/aromatic N) is 2. The smallest absolute Gasteiger partial charge is 0.265 e. The van der Waals surface area contributed by atoms with Crippen LogP contribution in [0.25, 0.3) is 11.3 Å². The topological polar surface area (TPSA) is 82.5 Å². The maximum Gasteiger partial charge on any atom is 0.265 e. The number of nitrogens with one attached hydrogen (secondary N) is 1. The number of rotatable bonds is 6. The van der Waals surface area contributed by atoms with Crippen LogP contribution in [0.2, 0.25) is 0 Å². The number of methoxy groups -OCH3 is 2. The summed E-state index contributed by atoms with van der Waals surface area (Å²) in [5.74, 6) is 1.79. The highest BCUT2D eigenvalue weighted by Gasteiger charge is 2.21. The Morgan fingerprint density at radius 1 is 1.11 bits per heavy atom. The lowest BCUT2D eigenvalue weighted by molar-refractivity contribution is 0.386. The van der Waals surface area contributed by atoms with Crippen molar-refractivity contribution in [3.05, 3.63) is 48.7 Å². The van der Waals surface area contributed by atoms with Gasteiger partial charge in [-0.15, -0.1) is 0 Å². The van der Waals surface area contributed by atoms with Crippen LogP contribution in [0.4, 0.5) is 5.69 Å². The summed E-state index contributed by atoms with van der Waals surface area (Å²) in [6.45, 7) is 0.967. The van der Waals surface area contributed by atoms with Crippen molar-refractivity contribution in [2.24, 2.45) is 0 Å². The molecular formula is C19H19N3O4S2. The van der Waals surface area contributed by atoms with Gasteiger partial charge in [0.15, 0.2) is 5.16 Å². The van der Waals surface area contributed by atoms with Crippen LogP contribution >= 0.6 is 11.8 Å². The van der Waals surface area contributed by atoms with E-state index < -0.39 is 10.0 Å². The van der Waals surface area contributed by atoms with Crippen molar-refractivity contribution in [1.29, 1.82) is 0 Å². The number of hydrogen-bond acceptors (Lipinski definition) is 6. The van der Waals surface area contributed by atoms with Gasteiger partial charge in [-0.05, 0) is 24.3 Å². The second-order valence-corrected chi connectivity index (χ2v) is 8.86. The maximum atomic E-state index is 12.8. The molecule has 1 aliphatic rings. The van der Waals surface area contributed by atoms with Gasteiger partial charge in [0.05, 0.1) is 19.9 Å². The molecule has 9 heteroatoms. The Labute approximate surface area is 167 Å². The van der Waals surface area contributed by atoms with Crippen molar-refractivity contribution in [1.82, 2.24) is 9.55 Å². The number of thioether (sulfide) groups is 1.